The second-order valence-corrected chi connectivity index (χ2v) is 6.33. The van der Waals surface area contributed by atoms with E-state index in [1.54, 1.807) is 12.1 Å². The molecule has 1 fully saturated rings. The number of likely N-dealkylation sites (tertiary alicyclic amines) is 1. The number of piperidine rings is 1. The number of halogens is 1. The van der Waals surface area contributed by atoms with E-state index in [0.717, 1.165) is 25.9 Å². The van der Waals surface area contributed by atoms with Crippen molar-refractivity contribution in [1.29, 1.82) is 0 Å². The van der Waals surface area contributed by atoms with Gasteiger partial charge in [-0.2, -0.15) is 5.10 Å². The average Bonchev–Trinajstić information content (AvgIpc) is 3.11. The molecule has 3 heterocycles. The standard InChI is InChI=1S/C16H20ClN5O/c1-11(16(23)21-15-5-4-14(17)9-18-15)22-6-2-3-12(10-22)13-7-19-20-8-13/h4-5,7-9,11-12H,2-3,6,10H2,1H3,(H,19,20)(H,18,21,23)/t11-,12-/m0/s1. The van der Waals surface area contributed by atoms with Gasteiger partial charge in [0.15, 0.2) is 0 Å². The Morgan fingerprint density at radius 2 is 2.35 bits per heavy atom. The number of aromatic nitrogens is 3. The molecule has 0 saturated carbocycles. The summed E-state index contributed by atoms with van der Waals surface area (Å²) >= 11 is 5.81. The van der Waals surface area contributed by atoms with Crippen molar-refractivity contribution in [3.63, 3.8) is 0 Å². The third kappa shape index (κ3) is 3.89. The Kier molecular flexibility index (Phi) is 4.93. The van der Waals surface area contributed by atoms with Gasteiger partial charge in [-0.25, -0.2) is 4.98 Å². The van der Waals surface area contributed by atoms with Crippen molar-refractivity contribution in [2.45, 2.75) is 31.7 Å². The van der Waals surface area contributed by atoms with Gasteiger partial charge in [-0.05, 0) is 49.9 Å². The van der Waals surface area contributed by atoms with E-state index < -0.39 is 0 Å². The third-order valence-corrected chi connectivity index (χ3v) is 4.57. The molecule has 3 rings (SSSR count). The van der Waals surface area contributed by atoms with Crippen LogP contribution in [-0.4, -0.2) is 45.1 Å². The second-order valence-electron chi connectivity index (χ2n) is 5.89. The van der Waals surface area contributed by atoms with E-state index in [-0.39, 0.29) is 11.9 Å². The average molecular weight is 334 g/mol. The van der Waals surface area contributed by atoms with Gasteiger partial charge in [0.05, 0.1) is 17.3 Å². The largest absolute Gasteiger partial charge is 0.309 e. The van der Waals surface area contributed by atoms with Crippen LogP contribution in [0.15, 0.2) is 30.7 Å². The smallest absolute Gasteiger partial charge is 0.242 e. The zero-order chi connectivity index (χ0) is 16.2. The van der Waals surface area contributed by atoms with Gasteiger partial charge in [0.2, 0.25) is 5.91 Å². The van der Waals surface area contributed by atoms with Crippen molar-refractivity contribution in [2.24, 2.45) is 0 Å². The van der Waals surface area contributed by atoms with Crippen LogP contribution < -0.4 is 5.32 Å². The van der Waals surface area contributed by atoms with Crippen LogP contribution in [0, 0.1) is 0 Å². The van der Waals surface area contributed by atoms with Gasteiger partial charge in [0, 0.05) is 18.9 Å². The summed E-state index contributed by atoms with van der Waals surface area (Å²) in [6.07, 6.45) is 7.54. The first-order valence-electron chi connectivity index (χ1n) is 7.78. The van der Waals surface area contributed by atoms with E-state index in [9.17, 15) is 4.79 Å². The lowest BCUT2D eigenvalue weighted by atomic mass is 9.92. The highest BCUT2D eigenvalue weighted by Gasteiger charge is 2.28. The SMILES string of the molecule is C[C@@H](C(=O)Nc1ccc(Cl)cn1)N1CCC[C@H](c2cn[nH]c2)C1. The highest BCUT2D eigenvalue weighted by atomic mass is 35.5. The van der Waals surface area contributed by atoms with Crippen LogP contribution >= 0.6 is 11.6 Å². The Morgan fingerprint density at radius 1 is 1.48 bits per heavy atom. The van der Waals surface area contributed by atoms with E-state index >= 15 is 0 Å². The number of pyridine rings is 1. The third-order valence-electron chi connectivity index (χ3n) is 4.35. The predicted molar refractivity (Wildman–Crippen MR) is 89.5 cm³/mol. The summed E-state index contributed by atoms with van der Waals surface area (Å²) in [5.74, 6) is 0.897. The van der Waals surface area contributed by atoms with Crippen LogP contribution in [0.5, 0.6) is 0 Å². The van der Waals surface area contributed by atoms with Gasteiger partial charge in [-0.15, -0.1) is 0 Å². The number of H-pyrrole nitrogens is 1. The summed E-state index contributed by atoms with van der Waals surface area (Å²) in [7, 11) is 0. The van der Waals surface area contributed by atoms with Gasteiger partial charge in [0.1, 0.15) is 5.82 Å². The van der Waals surface area contributed by atoms with Crippen molar-refractivity contribution in [3.8, 4) is 0 Å². The maximum atomic E-state index is 12.4. The second kappa shape index (κ2) is 7.10. The maximum Gasteiger partial charge on any atom is 0.242 e. The number of nitrogens with one attached hydrogen (secondary N) is 2. The molecule has 6 nitrogen and oxygen atoms in total. The minimum absolute atomic E-state index is 0.0485. The number of amides is 1. The number of carbonyl (C=O) groups is 1. The fourth-order valence-electron chi connectivity index (χ4n) is 2.96. The Balaban J connectivity index is 1.61. The molecule has 0 bridgehead atoms. The van der Waals surface area contributed by atoms with Crippen molar-refractivity contribution in [1.82, 2.24) is 20.1 Å². The maximum absolute atomic E-state index is 12.4. The summed E-state index contributed by atoms with van der Waals surface area (Å²) < 4.78 is 0. The number of hydrogen-bond acceptors (Lipinski definition) is 4. The first-order valence-corrected chi connectivity index (χ1v) is 8.16. The Labute approximate surface area is 140 Å². The molecule has 0 unspecified atom stereocenters. The van der Waals surface area contributed by atoms with Crippen LogP contribution in [0.25, 0.3) is 0 Å². The highest BCUT2D eigenvalue weighted by molar-refractivity contribution is 6.30. The summed E-state index contributed by atoms with van der Waals surface area (Å²) in [4.78, 5) is 18.8. The van der Waals surface area contributed by atoms with Gasteiger partial charge in [0.25, 0.3) is 0 Å². The van der Waals surface area contributed by atoms with Crippen LogP contribution in [-0.2, 0) is 4.79 Å². The molecule has 7 heteroatoms. The monoisotopic (exact) mass is 333 g/mol. The Morgan fingerprint density at radius 3 is 3.04 bits per heavy atom. The van der Waals surface area contributed by atoms with E-state index in [4.69, 9.17) is 11.6 Å². The molecular weight excluding hydrogens is 314 g/mol. The molecule has 1 aliphatic rings. The van der Waals surface area contributed by atoms with E-state index in [2.05, 4.69) is 25.4 Å². The normalized spacial score (nSPS) is 20.2. The Bertz CT molecular complexity index is 643. The molecule has 1 saturated heterocycles. The molecule has 1 aliphatic heterocycles. The van der Waals surface area contributed by atoms with Gasteiger partial charge in [-0.1, -0.05) is 11.6 Å². The van der Waals surface area contributed by atoms with Gasteiger partial charge in [-0.3, -0.25) is 14.8 Å². The van der Waals surface area contributed by atoms with Crippen molar-refractivity contribution in [2.75, 3.05) is 18.4 Å². The van der Waals surface area contributed by atoms with Crippen LogP contribution in [0.1, 0.15) is 31.2 Å². The molecule has 0 aliphatic carbocycles. The molecule has 2 aromatic rings. The highest BCUT2D eigenvalue weighted by Crippen LogP contribution is 2.27. The molecule has 2 aromatic heterocycles. The first-order chi connectivity index (χ1) is 11.1. The zero-order valence-corrected chi connectivity index (χ0v) is 13.8. The van der Waals surface area contributed by atoms with Crippen molar-refractivity contribution in [3.05, 3.63) is 41.3 Å². The fraction of sp³-hybridized carbons (Fsp3) is 0.438. The topological polar surface area (TPSA) is 73.9 Å². The lowest BCUT2D eigenvalue weighted by Gasteiger charge is -2.35. The summed E-state index contributed by atoms with van der Waals surface area (Å²) in [6, 6.07) is 3.21. The minimum Gasteiger partial charge on any atom is -0.309 e. The molecule has 2 atom stereocenters. The summed E-state index contributed by atoms with van der Waals surface area (Å²) in [6.45, 7) is 3.72. The molecule has 0 aromatic carbocycles. The summed E-state index contributed by atoms with van der Waals surface area (Å²) in [5, 5.41) is 10.3. The quantitative estimate of drug-likeness (QED) is 0.902. The lowest BCUT2D eigenvalue weighted by molar-refractivity contribution is -0.121. The molecule has 2 N–H and O–H groups in total. The van der Waals surface area contributed by atoms with Gasteiger partial charge >= 0.3 is 0 Å². The molecule has 0 spiro atoms. The van der Waals surface area contributed by atoms with E-state index in [1.165, 1.54) is 11.8 Å². The number of carbonyl (C=O) groups excluding carboxylic acids is 1. The number of nitrogens with zero attached hydrogens (tertiary/aromatic N) is 3. The minimum atomic E-state index is -0.206. The van der Waals surface area contributed by atoms with Gasteiger partial charge < -0.3 is 5.32 Å². The van der Waals surface area contributed by atoms with Crippen molar-refractivity contribution < 1.29 is 4.79 Å². The number of rotatable bonds is 4. The van der Waals surface area contributed by atoms with Crippen LogP contribution in [0.3, 0.4) is 0 Å². The van der Waals surface area contributed by atoms with E-state index in [1.807, 2.05) is 19.3 Å². The fourth-order valence-corrected chi connectivity index (χ4v) is 3.07. The first kappa shape index (κ1) is 16.0. The zero-order valence-electron chi connectivity index (χ0n) is 13.0. The predicted octanol–water partition coefficient (Wildman–Crippen LogP) is 2.66. The van der Waals surface area contributed by atoms with E-state index in [0.29, 0.717) is 16.8 Å². The molecule has 23 heavy (non-hydrogen) atoms. The van der Waals surface area contributed by atoms with Crippen LogP contribution in [0.4, 0.5) is 5.82 Å². The number of hydrogen-bond donors (Lipinski definition) is 2. The molecular formula is C16H20ClN5O. The Hall–Kier alpha value is -1.92. The molecule has 0 radical (unpaired) electrons. The summed E-state index contributed by atoms with van der Waals surface area (Å²) in [5.41, 5.74) is 1.21. The molecule has 122 valence electrons. The lowest BCUT2D eigenvalue weighted by Crippen LogP contribution is -2.46. The number of aromatic amines is 1. The number of anilines is 1. The molecule has 1 amide bonds. The van der Waals surface area contributed by atoms with Crippen LogP contribution in [0.2, 0.25) is 5.02 Å². The van der Waals surface area contributed by atoms with Crippen molar-refractivity contribution >= 4 is 23.3 Å².